The van der Waals surface area contributed by atoms with Gasteiger partial charge < -0.3 is 19.5 Å². The van der Waals surface area contributed by atoms with Crippen LogP contribution in [-0.2, 0) is 25.3 Å². The van der Waals surface area contributed by atoms with Crippen LogP contribution in [0, 0.1) is 6.92 Å². The molecule has 0 radical (unpaired) electrons. The van der Waals surface area contributed by atoms with Gasteiger partial charge >= 0.3 is 0 Å². The summed E-state index contributed by atoms with van der Waals surface area (Å²) in [5.41, 5.74) is 1.36. The number of aromatic nitrogens is 2. The second kappa shape index (κ2) is 10.2. The molecule has 12 heteroatoms. The molecule has 32 heavy (non-hydrogen) atoms. The molecule has 1 aromatic heterocycles. The van der Waals surface area contributed by atoms with Gasteiger partial charge in [0.15, 0.2) is 5.82 Å². The van der Waals surface area contributed by atoms with Crippen molar-refractivity contribution in [1.29, 1.82) is 0 Å². The molecule has 1 aromatic carbocycles. The van der Waals surface area contributed by atoms with E-state index in [2.05, 4.69) is 20.4 Å². The van der Waals surface area contributed by atoms with E-state index in [-0.39, 0.29) is 16.6 Å². The molecule has 4 rings (SSSR count). The fourth-order valence-corrected chi connectivity index (χ4v) is 5.86. The Hall–Kier alpha value is -2.15. The number of anilines is 2. The van der Waals surface area contributed by atoms with Crippen LogP contribution in [0.5, 0.6) is 0 Å². The van der Waals surface area contributed by atoms with E-state index in [0.717, 1.165) is 31.6 Å². The number of thioether (sulfide) groups is 1. The molecule has 2 aliphatic rings. The lowest BCUT2D eigenvalue weighted by Crippen LogP contribution is -2.40. The third kappa shape index (κ3) is 5.42. The first-order valence-corrected chi connectivity index (χ1v) is 13.2. The standard InChI is InChI=1S/C20H27N5O5S2/c1-15-21-19(23-30-15)13-31-14-20(26)22-17-12-16(4-5-18(17)24-6-2-3-7-24)32(27,28)25-8-10-29-11-9-25/h4-5,12H,2-3,6-11,13-14H2,1H3,(H,22,26). The van der Waals surface area contributed by atoms with Crippen molar-refractivity contribution in [2.75, 3.05) is 55.4 Å². The molecule has 2 fully saturated rings. The Balaban J connectivity index is 1.49. The van der Waals surface area contributed by atoms with Crippen LogP contribution in [0.3, 0.4) is 0 Å². The van der Waals surface area contributed by atoms with E-state index in [0.29, 0.717) is 49.5 Å². The van der Waals surface area contributed by atoms with Crippen LogP contribution in [0.15, 0.2) is 27.6 Å². The Labute approximate surface area is 191 Å². The van der Waals surface area contributed by atoms with Gasteiger partial charge in [-0.1, -0.05) is 5.16 Å². The summed E-state index contributed by atoms with van der Waals surface area (Å²) >= 11 is 1.37. The molecule has 0 unspecified atom stereocenters. The van der Waals surface area contributed by atoms with E-state index in [4.69, 9.17) is 9.26 Å². The maximum Gasteiger partial charge on any atom is 0.243 e. The second-order valence-electron chi connectivity index (χ2n) is 7.66. The number of aryl methyl sites for hydroxylation is 1. The minimum absolute atomic E-state index is 0.174. The summed E-state index contributed by atoms with van der Waals surface area (Å²) in [6.45, 7) is 4.88. The number of carbonyl (C=O) groups excluding carboxylic acids is 1. The van der Waals surface area contributed by atoms with Gasteiger partial charge in [-0.3, -0.25) is 4.79 Å². The van der Waals surface area contributed by atoms with E-state index in [9.17, 15) is 13.2 Å². The van der Waals surface area contributed by atoms with Crippen LogP contribution in [-0.4, -0.2) is 73.9 Å². The number of amides is 1. The van der Waals surface area contributed by atoms with Crippen LogP contribution in [0.1, 0.15) is 24.6 Å². The highest BCUT2D eigenvalue weighted by Gasteiger charge is 2.28. The first kappa shape index (κ1) is 23.0. The van der Waals surface area contributed by atoms with E-state index in [1.807, 2.05) is 0 Å². The predicted molar refractivity (Wildman–Crippen MR) is 121 cm³/mol. The van der Waals surface area contributed by atoms with E-state index in [1.54, 1.807) is 25.1 Å². The van der Waals surface area contributed by atoms with Gasteiger partial charge in [0.1, 0.15) is 0 Å². The summed E-state index contributed by atoms with van der Waals surface area (Å²) in [6.07, 6.45) is 2.14. The average Bonchev–Trinajstić information content (AvgIpc) is 3.46. The summed E-state index contributed by atoms with van der Waals surface area (Å²) in [4.78, 5) is 19.1. The van der Waals surface area contributed by atoms with Crippen molar-refractivity contribution in [3.05, 3.63) is 29.9 Å². The van der Waals surface area contributed by atoms with E-state index < -0.39 is 10.0 Å². The Morgan fingerprint density at radius 2 is 1.94 bits per heavy atom. The fraction of sp³-hybridized carbons (Fsp3) is 0.550. The monoisotopic (exact) mass is 481 g/mol. The van der Waals surface area contributed by atoms with Gasteiger partial charge in [-0.15, -0.1) is 11.8 Å². The third-order valence-electron chi connectivity index (χ3n) is 5.33. The zero-order chi connectivity index (χ0) is 22.6. The molecule has 0 bridgehead atoms. The first-order valence-electron chi connectivity index (χ1n) is 10.6. The Kier molecular flexibility index (Phi) is 7.33. The molecule has 0 aliphatic carbocycles. The molecule has 3 heterocycles. The minimum atomic E-state index is -3.66. The summed E-state index contributed by atoms with van der Waals surface area (Å²) in [7, 11) is -3.66. The quantitative estimate of drug-likeness (QED) is 0.603. The topological polar surface area (TPSA) is 118 Å². The number of benzene rings is 1. The van der Waals surface area contributed by atoms with Crippen molar-refractivity contribution in [3.63, 3.8) is 0 Å². The van der Waals surface area contributed by atoms with Crippen LogP contribution < -0.4 is 10.2 Å². The minimum Gasteiger partial charge on any atom is -0.379 e. The van der Waals surface area contributed by atoms with Crippen molar-refractivity contribution in [2.24, 2.45) is 0 Å². The van der Waals surface area contributed by atoms with Crippen LogP contribution >= 0.6 is 11.8 Å². The van der Waals surface area contributed by atoms with Crippen LogP contribution in [0.2, 0.25) is 0 Å². The van der Waals surface area contributed by atoms with Crippen molar-refractivity contribution in [3.8, 4) is 0 Å². The molecule has 174 valence electrons. The predicted octanol–water partition coefficient (Wildman–Crippen LogP) is 1.87. The molecule has 0 atom stereocenters. The zero-order valence-electron chi connectivity index (χ0n) is 17.9. The summed E-state index contributed by atoms with van der Waals surface area (Å²) in [5.74, 6) is 1.45. The van der Waals surface area contributed by atoms with Gasteiger partial charge in [0.25, 0.3) is 0 Å². The average molecular weight is 482 g/mol. The van der Waals surface area contributed by atoms with E-state index in [1.165, 1.54) is 16.1 Å². The number of ether oxygens (including phenoxy) is 1. The number of carbonyl (C=O) groups is 1. The number of morpholine rings is 1. The maximum atomic E-state index is 13.1. The zero-order valence-corrected chi connectivity index (χ0v) is 19.6. The molecule has 0 saturated carbocycles. The normalized spacial score (nSPS) is 17.6. The molecular formula is C20H27N5O5S2. The number of sulfonamides is 1. The largest absolute Gasteiger partial charge is 0.379 e. The molecular weight excluding hydrogens is 454 g/mol. The molecule has 10 nitrogen and oxygen atoms in total. The lowest BCUT2D eigenvalue weighted by molar-refractivity contribution is -0.113. The lowest BCUT2D eigenvalue weighted by atomic mass is 10.2. The fourth-order valence-electron chi connectivity index (χ4n) is 3.77. The molecule has 1 amide bonds. The highest BCUT2D eigenvalue weighted by Crippen LogP contribution is 2.32. The number of rotatable bonds is 8. The smallest absolute Gasteiger partial charge is 0.243 e. The molecule has 2 aliphatic heterocycles. The van der Waals surface area contributed by atoms with Crippen LogP contribution in [0.4, 0.5) is 11.4 Å². The van der Waals surface area contributed by atoms with Gasteiger partial charge in [0.05, 0.1) is 41.0 Å². The SMILES string of the molecule is Cc1nc(CSCC(=O)Nc2cc(S(=O)(=O)N3CCOCC3)ccc2N2CCCC2)no1. The Morgan fingerprint density at radius 1 is 1.19 bits per heavy atom. The number of nitrogens with zero attached hydrogens (tertiary/aromatic N) is 4. The van der Waals surface area contributed by atoms with Gasteiger partial charge in [-0.25, -0.2) is 8.42 Å². The molecule has 1 N–H and O–H groups in total. The van der Waals surface area contributed by atoms with Gasteiger partial charge in [0.2, 0.25) is 21.8 Å². The van der Waals surface area contributed by atoms with Crippen LogP contribution in [0.25, 0.3) is 0 Å². The molecule has 2 aromatic rings. The number of nitrogens with one attached hydrogen (secondary N) is 1. The van der Waals surface area contributed by atoms with E-state index >= 15 is 0 Å². The highest BCUT2D eigenvalue weighted by atomic mass is 32.2. The number of hydrogen-bond acceptors (Lipinski definition) is 9. The Morgan fingerprint density at radius 3 is 2.62 bits per heavy atom. The van der Waals surface area contributed by atoms with Crippen molar-refractivity contribution in [1.82, 2.24) is 14.4 Å². The lowest BCUT2D eigenvalue weighted by Gasteiger charge is -2.27. The summed E-state index contributed by atoms with van der Waals surface area (Å²) in [6, 6.07) is 4.99. The van der Waals surface area contributed by atoms with Gasteiger partial charge in [-0.05, 0) is 31.0 Å². The number of hydrogen-bond donors (Lipinski definition) is 1. The maximum absolute atomic E-state index is 13.1. The third-order valence-corrected chi connectivity index (χ3v) is 8.15. The first-order chi connectivity index (χ1) is 15.4. The van der Waals surface area contributed by atoms with Gasteiger partial charge in [0, 0.05) is 33.1 Å². The second-order valence-corrected chi connectivity index (χ2v) is 10.6. The van der Waals surface area contributed by atoms with Gasteiger partial charge in [-0.2, -0.15) is 9.29 Å². The van der Waals surface area contributed by atoms with Crippen molar-refractivity contribution >= 4 is 39.1 Å². The highest BCUT2D eigenvalue weighted by molar-refractivity contribution is 7.99. The molecule has 2 saturated heterocycles. The summed E-state index contributed by atoms with van der Waals surface area (Å²) in [5, 5.41) is 6.74. The van der Waals surface area contributed by atoms with Crippen molar-refractivity contribution < 1.29 is 22.5 Å². The summed E-state index contributed by atoms with van der Waals surface area (Å²) < 4.78 is 37.9. The molecule has 0 spiro atoms. The van der Waals surface area contributed by atoms with Crippen molar-refractivity contribution in [2.45, 2.75) is 30.4 Å². The Bertz CT molecular complexity index is 1050.